The fraction of sp³-hybridized carbons (Fsp3) is 0.300. The lowest BCUT2D eigenvalue weighted by Crippen LogP contribution is -2.17. The van der Waals surface area contributed by atoms with Gasteiger partial charge in [-0.05, 0) is 46.8 Å². The van der Waals surface area contributed by atoms with Crippen molar-refractivity contribution >= 4 is 52.6 Å². The Morgan fingerprint density at radius 3 is 2.62 bits per heavy atom. The van der Waals surface area contributed by atoms with Crippen molar-refractivity contribution in [2.75, 3.05) is 6.54 Å². The van der Waals surface area contributed by atoms with Crippen LogP contribution in [0.5, 0.6) is 0 Å². The van der Waals surface area contributed by atoms with Crippen molar-refractivity contribution in [3.05, 3.63) is 32.4 Å². The summed E-state index contributed by atoms with van der Waals surface area (Å²) in [4.78, 5) is 10.6. The van der Waals surface area contributed by atoms with E-state index in [1.165, 1.54) is 0 Å². The Morgan fingerprint density at radius 2 is 2.19 bits per heavy atom. The number of hydrogen-bond donors (Lipinski definition) is 2. The fourth-order valence-corrected chi connectivity index (χ4v) is 2.68. The number of carboxylic acids is 1. The number of hydrogen-bond acceptors (Lipinski definition) is 2. The molecule has 0 aliphatic carbocycles. The number of carbonyl (C=O) groups is 1. The number of nitrogens with two attached hydrogens (primary N) is 1. The van der Waals surface area contributed by atoms with Crippen LogP contribution in [0, 0.1) is 3.57 Å². The highest BCUT2D eigenvalue weighted by Gasteiger charge is 2.16. The number of aliphatic carboxylic acids is 1. The molecule has 1 rings (SSSR count). The Kier molecular flexibility index (Phi) is 7.30. The van der Waals surface area contributed by atoms with Gasteiger partial charge in [-0.1, -0.05) is 17.7 Å². The molecule has 0 aliphatic heterocycles. The first-order chi connectivity index (χ1) is 7.04. The summed E-state index contributed by atoms with van der Waals surface area (Å²) in [6, 6.07) is 5.40. The Hall–Kier alpha value is -0.0400. The lowest BCUT2D eigenvalue weighted by molar-refractivity contribution is -0.137. The molecule has 3 N–H and O–H groups in total. The highest BCUT2D eigenvalue weighted by molar-refractivity contribution is 14.1. The Labute approximate surface area is 119 Å². The molecule has 0 saturated carbocycles. The van der Waals surface area contributed by atoms with Crippen molar-refractivity contribution in [3.63, 3.8) is 0 Å². The molecule has 0 aromatic heterocycles. The van der Waals surface area contributed by atoms with Crippen molar-refractivity contribution in [2.24, 2.45) is 5.73 Å². The van der Waals surface area contributed by atoms with Gasteiger partial charge in [0.15, 0.2) is 0 Å². The van der Waals surface area contributed by atoms with E-state index in [1.54, 1.807) is 6.07 Å². The van der Waals surface area contributed by atoms with Crippen molar-refractivity contribution in [3.8, 4) is 0 Å². The van der Waals surface area contributed by atoms with Crippen molar-refractivity contribution in [2.45, 2.75) is 12.3 Å². The number of halogens is 3. The molecule has 1 aromatic rings. The van der Waals surface area contributed by atoms with Crippen molar-refractivity contribution in [1.82, 2.24) is 0 Å². The molecule has 0 bridgehead atoms. The van der Waals surface area contributed by atoms with Crippen LogP contribution in [0.3, 0.4) is 0 Å². The van der Waals surface area contributed by atoms with Crippen LogP contribution >= 0.6 is 46.6 Å². The van der Waals surface area contributed by atoms with E-state index in [9.17, 15) is 4.79 Å². The van der Waals surface area contributed by atoms with Crippen LogP contribution in [0.1, 0.15) is 17.9 Å². The van der Waals surface area contributed by atoms with Crippen LogP contribution in [0.2, 0.25) is 5.02 Å². The maximum Gasteiger partial charge on any atom is 0.304 e. The fourth-order valence-electron chi connectivity index (χ4n) is 1.36. The smallest absolute Gasteiger partial charge is 0.304 e. The molecule has 0 unspecified atom stereocenters. The lowest BCUT2D eigenvalue weighted by Gasteiger charge is -2.14. The third kappa shape index (κ3) is 4.45. The van der Waals surface area contributed by atoms with Crippen LogP contribution in [0.15, 0.2) is 18.2 Å². The number of carboxylic acid groups (broad SMARTS) is 1. The summed E-state index contributed by atoms with van der Waals surface area (Å²) < 4.78 is 0.955. The van der Waals surface area contributed by atoms with Gasteiger partial charge in [0.05, 0.1) is 6.42 Å². The third-order valence-electron chi connectivity index (χ3n) is 2.11. The molecule has 0 fully saturated rings. The normalized spacial score (nSPS) is 11.7. The topological polar surface area (TPSA) is 63.3 Å². The quantitative estimate of drug-likeness (QED) is 0.795. The maximum absolute atomic E-state index is 10.6. The second kappa shape index (κ2) is 7.32. The molecule has 6 heteroatoms. The largest absolute Gasteiger partial charge is 0.481 e. The van der Waals surface area contributed by atoms with Crippen LogP contribution in [0.25, 0.3) is 0 Å². The zero-order valence-corrected chi connectivity index (χ0v) is 12.1. The second-order valence-corrected chi connectivity index (χ2v) is 4.79. The van der Waals surface area contributed by atoms with Crippen molar-refractivity contribution < 1.29 is 9.90 Å². The SMILES string of the molecule is Cl.NC[C@H](CC(=O)O)c1ccc(Cl)cc1I. The Bertz CT molecular complexity index is 374. The minimum absolute atomic E-state index is 0. The number of rotatable bonds is 4. The Balaban J connectivity index is 0.00000225. The van der Waals surface area contributed by atoms with Gasteiger partial charge in [-0.25, -0.2) is 0 Å². The van der Waals surface area contributed by atoms with Gasteiger partial charge in [0.2, 0.25) is 0 Å². The highest BCUT2D eigenvalue weighted by atomic mass is 127. The summed E-state index contributed by atoms with van der Waals surface area (Å²) in [5.74, 6) is -0.983. The first kappa shape index (κ1) is 16.0. The minimum atomic E-state index is -0.837. The zero-order chi connectivity index (χ0) is 11.4. The average molecular weight is 376 g/mol. The van der Waals surface area contributed by atoms with E-state index in [2.05, 4.69) is 22.6 Å². The monoisotopic (exact) mass is 375 g/mol. The summed E-state index contributed by atoms with van der Waals surface area (Å²) >= 11 is 7.96. The molecule has 0 radical (unpaired) electrons. The molecular weight excluding hydrogens is 364 g/mol. The maximum atomic E-state index is 10.6. The zero-order valence-electron chi connectivity index (χ0n) is 8.32. The summed E-state index contributed by atoms with van der Waals surface area (Å²) in [6.45, 7) is 0.323. The van der Waals surface area contributed by atoms with E-state index in [1.807, 2.05) is 12.1 Å². The van der Waals surface area contributed by atoms with E-state index >= 15 is 0 Å². The van der Waals surface area contributed by atoms with Gasteiger partial charge in [-0.3, -0.25) is 4.79 Å². The molecule has 0 heterocycles. The molecule has 0 amide bonds. The summed E-state index contributed by atoms with van der Waals surface area (Å²) in [6.07, 6.45) is 0.0497. The van der Waals surface area contributed by atoms with E-state index in [4.69, 9.17) is 22.4 Å². The molecule has 1 atom stereocenters. The van der Waals surface area contributed by atoms with E-state index in [0.29, 0.717) is 11.6 Å². The standard InChI is InChI=1S/C10H11ClINO2.ClH/c11-7-1-2-8(9(12)4-7)6(5-13)3-10(14)15;/h1-2,4,6H,3,5,13H2,(H,14,15);1H/t6-;/m0./s1. The van der Waals surface area contributed by atoms with Gasteiger partial charge in [-0.15, -0.1) is 12.4 Å². The van der Waals surface area contributed by atoms with E-state index < -0.39 is 5.97 Å². The molecule has 0 saturated heterocycles. The van der Waals surface area contributed by atoms with Crippen LogP contribution in [-0.2, 0) is 4.79 Å². The van der Waals surface area contributed by atoms with Gasteiger partial charge >= 0.3 is 5.97 Å². The first-order valence-corrected chi connectivity index (χ1v) is 5.87. The van der Waals surface area contributed by atoms with Gasteiger partial charge in [0, 0.05) is 14.5 Å². The third-order valence-corrected chi connectivity index (χ3v) is 3.28. The average Bonchev–Trinajstić information content (AvgIpc) is 2.14. The highest BCUT2D eigenvalue weighted by Crippen LogP contribution is 2.26. The summed E-state index contributed by atoms with van der Waals surface area (Å²) in [5, 5.41) is 9.39. The van der Waals surface area contributed by atoms with Crippen LogP contribution < -0.4 is 5.73 Å². The second-order valence-electron chi connectivity index (χ2n) is 3.20. The van der Waals surface area contributed by atoms with E-state index in [0.717, 1.165) is 9.13 Å². The molecular formula is C10H12Cl2INO2. The summed E-state index contributed by atoms with van der Waals surface area (Å²) in [5.41, 5.74) is 6.51. The lowest BCUT2D eigenvalue weighted by atomic mass is 9.96. The van der Waals surface area contributed by atoms with Gasteiger partial charge in [0.25, 0.3) is 0 Å². The molecule has 0 spiro atoms. The predicted molar refractivity (Wildman–Crippen MR) is 75.5 cm³/mol. The van der Waals surface area contributed by atoms with Crippen LogP contribution in [-0.4, -0.2) is 17.6 Å². The van der Waals surface area contributed by atoms with Gasteiger partial charge < -0.3 is 10.8 Å². The summed E-state index contributed by atoms with van der Waals surface area (Å²) in [7, 11) is 0. The molecule has 0 aliphatic rings. The van der Waals surface area contributed by atoms with Gasteiger partial charge in [0.1, 0.15) is 0 Å². The van der Waals surface area contributed by atoms with E-state index in [-0.39, 0.29) is 24.7 Å². The number of benzene rings is 1. The van der Waals surface area contributed by atoms with Crippen LogP contribution in [0.4, 0.5) is 0 Å². The van der Waals surface area contributed by atoms with Crippen molar-refractivity contribution in [1.29, 1.82) is 0 Å². The molecule has 1 aromatic carbocycles. The van der Waals surface area contributed by atoms with Gasteiger partial charge in [-0.2, -0.15) is 0 Å². The first-order valence-electron chi connectivity index (χ1n) is 4.41. The Morgan fingerprint density at radius 1 is 1.56 bits per heavy atom. The molecule has 16 heavy (non-hydrogen) atoms. The molecule has 90 valence electrons. The minimum Gasteiger partial charge on any atom is -0.481 e. The predicted octanol–water partition coefficient (Wildman–Crippen LogP) is 2.88. The molecule has 3 nitrogen and oxygen atoms in total.